The summed E-state index contributed by atoms with van der Waals surface area (Å²) in [6.45, 7) is 4.74. The number of carbonyl (C=O) groups is 1. The van der Waals surface area contributed by atoms with E-state index in [1.165, 1.54) is 10.5 Å². The van der Waals surface area contributed by atoms with Crippen molar-refractivity contribution in [2.75, 3.05) is 12.3 Å². The Labute approximate surface area is 113 Å². The number of fused-ring (bicyclic) bond motifs is 1. The van der Waals surface area contributed by atoms with E-state index in [2.05, 4.69) is 41.8 Å². The largest absolute Gasteiger partial charge is 0.355 e. The summed E-state index contributed by atoms with van der Waals surface area (Å²) >= 11 is 1.85. The SMILES string of the molecule is CCCNC(=O)C(C)NC1CSc2ccccc21. The van der Waals surface area contributed by atoms with E-state index >= 15 is 0 Å². The first-order valence-electron chi connectivity index (χ1n) is 6.48. The molecule has 0 aromatic heterocycles. The quantitative estimate of drug-likeness (QED) is 0.857. The second-order valence-corrected chi connectivity index (χ2v) is 5.64. The summed E-state index contributed by atoms with van der Waals surface area (Å²) in [5, 5.41) is 6.33. The van der Waals surface area contributed by atoms with E-state index in [1.807, 2.05) is 18.7 Å². The van der Waals surface area contributed by atoms with Gasteiger partial charge in [-0.25, -0.2) is 0 Å². The van der Waals surface area contributed by atoms with Crippen molar-refractivity contribution in [1.82, 2.24) is 10.6 Å². The topological polar surface area (TPSA) is 41.1 Å². The average Bonchev–Trinajstić information content (AvgIpc) is 2.79. The molecule has 0 bridgehead atoms. The second kappa shape index (κ2) is 6.25. The van der Waals surface area contributed by atoms with Gasteiger partial charge in [0.2, 0.25) is 5.91 Å². The molecule has 0 spiro atoms. The summed E-state index contributed by atoms with van der Waals surface area (Å²) in [6, 6.07) is 8.54. The number of hydrogen-bond donors (Lipinski definition) is 2. The van der Waals surface area contributed by atoms with Crippen molar-refractivity contribution in [2.24, 2.45) is 0 Å². The van der Waals surface area contributed by atoms with Crippen LogP contribution in [0.25, 0.3) is 0 Å². The Bertz CT molecular complexity index is 422. The summed E-state index contributed by atoms with van der Waals surface area (Å²) in [6.07, 6.45) is 0.973. The van der Waals surface area contributed by atoms with Crippen LogP contribution >= 0.6 is 11.8 Å². The molecule has 1 aliphatic heterocycles. The molecule has 1 amide bonds. The minimum atomic E-state index is -0.145. The van der Waals surface area contributed by atoms with Crippen LogP contribution in [0.15, 0.2) is 29.2 Å². The highest BCUT2D eigenvalue weighted by Gasteiger charge is 2.25. The van der Waals surface area contributed by atoms with E-state index < -0.39 is 0 Å². The van der Waals surface area contributed by atoms with E-state index in [-0.39, 0.29) is 18.0 Å². The molecule has 3 nitrogen and oxygen atoms in total. The number of carbonyl (C=O) groups excluding carboxylic acids is 1. The third kappa shape index (κ3) is 3.06. The molecular formula is C14H20N2OS. The van der Waals surface area contributed by atoms with Crippen molar-refractivity contribution < 1.29 is 4.79 Å². The molecule has 0 saturated heterocycles. The van der Waals surface area contributed by atoms with Crippen molar-refractivity contribution in [2.45, 2.75) is 37.2 Å². The third-order valence-electron chi connectivity index (χ3n) is 3.09. The fourth-order valence-corrected chi connectivity index (χ4v) is 3.25. The van der Waals surface area contributed by atoms with Crippen LogP contribution in [0.2, 0.25) is 0 Å². The van der Waals surface area contributed by atoms with Crippen LogP contribution in [0.3, 0.4) is 0 Å². The first kappa shape index (κ1) is 13.4. The maximum absolute atomic E-state index is 11.8. The first-order valence-corrected chi connectivity index (χ1v) is 7.46. The smallest absolute Gasteiger partial charge is 0.236 e. The van der Waals surface area contributed by atoms with Gasteiger partial charge in [0, 0.05) is 23.2 Å². The molecule has 0 fully saturated rings. The minimum Gasteiger partial charge on any atom is -0.355 e. The van der Waals surface area contributed by atoms with Gasteiger partial charge >= 0.3 is 0 Å². The zero-order chi connectivity index (χ0) is 13.0. The molecule has 0 aliphatic carbocycles. The van der Waals surface area contributed by atoms with E-state index in [0.29, 0.717) is 0 Å². The van der Waals surface area contributed by atoms with Crippen LogP contribution in [-0.4, -0.2) is 24.2 Å². The number of rotatable bonds is 5. The number of amides is 1. The molecule has 0 radical (unpaired) electrons. The van der Waals surface area contributed by atoms with Crippen molar-refractivity contribution in [3.63, 3.8) is 0 Å². The Morgan fingerprint density at radius 3 is 3.06 bits per heavy atom. The van der Waals surface area contributed by atoms with Gasteiger partial charge in [-0.1, -0.05) is 25.1 Å². The molecular weight excluding hydrogens is 244 g/mol. The van der Waals surface area contributed by atoms with Gasteiger partial charge in [0.25, 0.3) is 0 Å². The van der Waals surface area contributed by atoms with Gasteiger partial charge < -0.3 is 5.32 Å². The molecule has 1 aromatic rings. The molecule has 1 aromatic carbocycles. The number of nitrogens with one attached hydrogen (secondary N) is 2. The van der Waals surface area contributed by atoms with Gasteiger partial charge in [0.05, 0.1) is 6.04 Å². The molecule has 0 saturated carbocycles. The van der Waals surface area contributed by atoms with Crippen LogP contribution in [-0.2, 0) is 4.79 Å². The molecule has 2 atom stereocenters. The van der Waals surface area contributed by atoms with Gasteiger partial charge in [0.15, 0.2) is 0 Å². The number of hydrogen-bond acceptors (Lipinski definition) is 3. The molecule has 18 heavy (non-hydrogen) atoms. The lowest BCUT2D eigenvalue weighted by molar-refractivity contribution is -0.122. The lowest BCUT2D eigenvalue weighted by Gasteiger charge is -2.19. The predicted molar refractivity (Wildman–Crippen MR) is 75.8 cm³/mol. The molecule has 4 heteroatoms. The lowest BCUT2D eigenvalue weighted by atomic mass is 10.1. The summed E-state index contributed by atoms with van der Waals surface area (Å²) < 4.78 is 0. The average molecular weight is 264 g/mol. The normalized spacial score (nSPS) is 19.3. The van der Waals surface area contributed by atoms with Gasteiger partial charge in [-0.3, -0.25) is 10.1 Å². The summed E-state index contributed by atoms with van der Waals surface area (Å²) in [5.41, 5.74) is 1.32. The van der Waals surface area contributed by atoms with Crippen molar-refractivity contribution in [1.29, 1.82) is 0 Å². The maximum atomic E-state index is 11.8. The molecule has 98 valence electrons. The maximum Gasteiger partial charge on any atom is 0.236 e. The molecule has 1 aliphatic rings. The van der Waals surface area contributed by atoms with Crippen LogP contribution < -0.4 is 10.6 Å². The Morgan fingerprint density at radius 2 is 2.28 bits per heavy atom. The van der Waals surface area contributed by atoms with E-state index in [9.17, 15) is 4.79 Å². The minimum absolute atomic E-state index is 0.0891. The van der Waals surface area contributed by atoms with Crippen molar-refractivity contribution >= 4 is 17.7 Å². The first-order chi connectivity index (χ1) is 8.72. The van der Waals surface area contributed by atoms with E-state index in [0.717, 1.165) is 18.7 Å². The monoisotopic (exact) mass is 264 g/mol. The number of thioether (sulfide) groups is 1. The highest BCUT2D eigenvalue weighted by Crippen LogP contribution is 2.37. The summed E-state index contributed by atoms with van der Waals surface area (Å²) in [7, 11) is 0. The van der Waals surface area contributed by atoms with Gasteiger partial charge in [-0.2, -0.15) is 0 Å². The number of benzene rings is 1. The molecule has 2 unspecified atom stereocenters. The highest BCUT2D eigenvalue weighted by atomic mass is 32.2. The highest BCUT2D eigenvalue weighted by molar-refractivity contribution is 7.99. The van der Waals surface area contributed by atoms with Crippen LogP contribution in [0, 0.1) is 0 Å². The third-order valence-corrected chi connectivity index (χ3v) is 4.28. The predicted octanol–water partition coefficient (Wildman–Crippen LogP) is 2.34. The zero-order valence-electron chi connectivity index (χ0n) is 10.9. The van der Waals surface area contributed by atoms with Crippen LogP contribution in [0.4, 0.5) is 0 Å². The van der Waals surface area contributed by atoms with E-state index in [1.54, 1.807) is 0 Å². The molecule has 1 heterocycles. The van der Waals surface area contributed by atoms with E-state index in [4.69, 9.17) is 0 Å². The Morgan fingerprint density at radius 1 is 1.50 bits per heavy atom. The Kier molecular flexibility index (Phi) is 4.66. The Hall–Kier alpha value is -1.00. The van der Waals surface area contributed by atoms with Gasteiger partial charge in [0.1, 0.15) is 0 Å². The van der Waals surface area contributed by atoms with Gasteiger partial charge in [-0.05, 0) is 25.0 Å². The Balaban J connectivity index is 1.93. The fraction of sp³-hybridized carbons (Fsp3) is 0.500. The van der Waals surface area contributed by atoms with Gasteiger partial charge in [-0.15, -0.1) is 11.8 Å². The molecule has 2 rings (SSSR count). The summed E-state index contributed by atoms with van der Waals surface area (Å²) in [4.78, 5) is 13.2. The molecule has 2 N–H and O–H groups in total. The lowest BCUT2D eigenvalue weighted by Crippen LogP contribution is -2.44. The van der Waals surface area contributed by atoms with Crippen LogP contribution in [0.1, 0.15) is 31.9 Å². The second-order valence-electron chi connectivity index (χ2n) is 4.58. The fourth-order valence-electron chi connectivity index (χ4n) is 2.08. The standard InChI is InChI=1S/C14H20N2OS/c1-3-8-15-14(17)10(2)16-12-9-18-13-7-5-4-6-11(12)13/h4-7,10,12,16H,3,8-9H2,1-2H3,(H,15,17). The summed E-state index contributed by atoms with van der Waals surface area (Å²) in [5.74, 6) is 1.09. The zero-order valence-corrected chi connectivity index (χ0v) is 11.7. The van der Waals surface area contributed by atoms with Crippen molar-refractivity contribution in [3.05, 3.63) is 29.8 Å². The van der Waals surface area contributed by atoms with Crippen LogP contribution in [0.5, 0.6) is 0 Å². The van der Waals surface area contributed by atoms with Crippen molar-refractivity contribution in [3.8, 4) is 0 Å².